The lowest BCUT2D eigenvalue weighted by Gasteiger charge is -2.30. The SMILES string of the molecule is CNCC(=O)N1CCC[C@@H](C(=O)O)C1. The number of amides is 1. The number of likely N-dealkylation sites (N-methyl/N-ethyl adjacent to an activating group) is 1. The summed E-state index contributed by atoms with van der Waals surface area (Å²) in [6, 6.07) is 0. The molecule has 2 N–H and O–H groups in total. The molecule has 0 radical (unpaired) electrons. The molecule has 0 saturated carbocycles. The number of hydrogen-bond donors (Lipinski definition) is 2. The van der Waals surface area contributed by atoms with Gasteiger partial charge >= 0.3 is 5.97 Å². The predicted octanol–water partition coefficient (Wildman–Crippen LogP) is -0.471. The molecule has 0 unspecified atom stereocenters. The quantitative estimate of drug-likeness (QED) is 0.646. The van der Waals surface area contributed by atoms with Crippen molar-refractivity contribution < 1.29 is 14.7 Å². The van der Waals surface area contributed by atoms with E-state index in [0.717, 1.165) is 6.42 Å². The van der Waals surface area contributed by atoms with Gasteiger partial charge in [-0.3, -0.25) is 9.59 Å². The summed E-state index contributed by atoms with van der Waals surface area (Å²) in [7, 11) is 1.70. The smallest absolute Gasteiger partial charge is 0.308 e. The standard InChI is InChI=1S/C9H16N2O3/c1-10-5-8(12)11-4-2-3-7(6-11)9(13)14/h7,10H,2-6H2,1H3,(H,13,14)/t7-/m1/s1. The Morgan fingerprint density at radius 1 is 1.57 bits per heavy atom. The van der Waals surface area contributed by atoms with Gasteiger partial charge in [-0.15, -0.1) is 0 Å². The normalized spacial score (nSPS) is 22.1. The number of aliphatic carboxylic acids is 1. The van der Waals surface area contributed by atoms with Gasteiger partial charge in [-0.25, -0.2) is 0 Å². The third-order valence-electron chi connectivity index (χ3n) is 2.45. The van der Waals surface area contributed by atoms with Crippen LogP contribution in [0, 0.1) is 5.92 Å². The molecule has 0 spiro atoms. The van der Waals surface area contributed by atoms with Gasteiger partial charge in [-0.05, 0) is 19.9 Å². The molecule has 1 saturated heterocycles. The molecule has 1 heterocycles. The molecule has 0 aromatic rings. The molecule has 1 amide bonds. The number of rotatable bonds is 3. The zero-order chi connectivity index (χ0) is 10.6. The van der Waals surface area contributed by atoms with Crippen molar-refractivity contribution in [2.24, 2.45) is 5.92 Å². The lowest BCUT2D eigenvalue weighted by molar-refractivity contribution is -0.145. The van der Waals surface area contributed by atoms with E-state index >= 15 is 0 Å². The van der Waals surface area contributed by atoms with Gasteiger partial charge < -0.3 is 15.3 Å². The van der Waals surface area contributed by atoms with E-state index < -0.39 is 5.97 Å². The summed E-state index contributed by atoms with van der Waals surface area (Å²) in [5, 5.41) is 11.6. The Balaban J connectivity index is 2.47. The van der Waals surface area contributed by atoms with E-state index in [1.165, 1.54) is 0 Å². The van der Waals surface area contributed by atoms with Crippen LogP contribution in [0.15, 0.2) is 0 Å². The van der Waals surface area contributed by atoms with Gasteiger partial charge in [-0.2, -0.15) is 0 Å². The highest BCUT2D eigenvalue weighted by Crippen LogP contribution is 2.16. The molecule has 1 rings (SSSR count). The highest BCUT2D eigenvalue weighted by molar-refractivity contribution is 5.79. The first-order chi connectivity index (χ1) is 6.65. The average Bonchev–Trinajstić information content (AvgIpc) is 2.18. The van der Waals surface area contributed by atoms with Crippen LogP contribution in [0.1, 0.15) is 12.8 Å². The second-order valence-corrected chi connectivity index (χ2v) is 3.55. The fraction of sp³-hybridized carbons (Fsp3) is 0.778. The van der Waals surface area contributed by atoms with E-state index in [9.17, 15) is 9.59 Å². The first-order valence-corrected chi connectivity index (χ1v) is 4.80. The zero-order valence-electron chi connectivity index (χ0n) is 8.32. The topological polar surface area (TPSA) is 69.6 Å². The zero-order valence-corrected chi connectivity index (χ0v) is 8.32. The maximum absolute atomic E-state index is 11.4. The maximum Gasteiger partial charge on any atom is 0.308 e. The van der Waals surface area contributed by atoms with Crippen molar-refractivity contribution in [1.82, 2.24) is 10.2 Å². The Bertz CT molecular complexity index is 230. The molecule has 14 heavy (non-hydrogen) atoms. The van der Waals surface area contributed by atoms with E-state index in [-0.39, 0.29) is 18.4 Å². The third kappa shape index (κ3) is 2.70. The Hall–Kier alpha value is -1.10. The molecule has 1 fully saturated rings. The lowest BCUT2D eigenvalue weighted by Crippen LogP contribution is -2.45. The van der Waals surface area contributed by atoms with E-state index in [2.05, 4.69) is 5.32 Å². The molecule has 0 aliphatic carbocycles. The maximum atomic E-state index is 11.4. The average molecular weight is 200 g/mol. The number of likely N-dealkylation sites (tertiary alicyclic amines) is 1. The van der Waals surface area contributed by atoms with Crippen LogP contribution in [0.25, 0.3) is 0 Å². The van der Waals surface area contributed by atoms with Gasteiger partial charge in [0.05, 0.1) is 12.5 Å². The van der Waals surface area contributed by atoms with Gasteiger partial charge in [0, 0.05) is 13.1 Å². The largest absolute Gasteiger partial charge is 0.481 e. The number of nitrogens with one attached hydrogen (secondary N) is 1. The van der Waals surface area contributed by atoms with E-state index in [1.54, 1.807) is 11.9 Å². The highest BCUT2D eigenvalue weighted by Gasteiger charge is 2.27. The molecule has 0 aromatic heterocycles. The fourth-order valence-electron chi connectivity index (χ4n) is 1.67. The Labute approximate surface area is 83.1 Å². The van der Waals surface area contributed by atoms with Crippen LogP contribution in [0.3, 0.4) is 0 Å². The molecule has 1 atom stereocenters. The van der Waals surface area contributed by atoms with Crippen molar-refractivity contribution in [3.8, 4) is 0 Å². The second kappa shape index (κ2) is 4.95. The van der Waals surface area contributed by atoms with Gasteiger partial charge in [0.25, 0.3) is 0 Å². The minimum Gasteiger partial charge on any atom is -0.481 e. The monoisotopic (exact) mass is 200 g/mol. The first-order valence-electron chi connectivity index (χ1n) is 4.80. The van der Waals surface area contributed by atoms with Crippen LogP contribution in [0.5, 0.6) is 0 Å². The molecule has 1 aliphatic heterocycles. The highest BCUT2D eigenvalue weighted by atomic mass is 16.4. The lowest BCUT2D eigenvalue weighted by atomic mass is 9.98. The molecule has 80 valence electrons. The van der Waals surface area contributed by atoms with Crippen LogP contribution in [-0.2, 0) is 9.59 Å². The second-order valence-electron chi connectivity index (χ2n) is 3.55. The van der Waals surface area contributed by atoms with Crippen molar-refractivity contribution >= 4 is 11.9 Å². The summed E-state index contributed by atoms with van der Waals surface area (Å²) in [5.74, 6) is -1.20. The molecule has 0 aromatic carbocycles. The molecule has 5 heteroatoms. The summed E-state index contributed by atoms with van der Waals surface area (Å²) >= 11 is 0. The van der Waals surface area contributed by atoms with E-state index in [1.807, 2.05) is 0 Å². The molecular weight excluding hydrogens is 184 g/mol. The van der Waals surface area contributed by atoms with E-state index in [4.69, 9.17) is 5.11 Å². The van der Waals surface area contributed by atoms with Crippen molar-refractivity contribution in [3.05, 3.63) is 0 Å². The summed E-state index contributed by atoms with van der Waals surface area (Å²) in [4.78, 5) is 23.8. The van der Waals surface area contributed by atoms with Crippen LogP contribution in [0.4, 0.5) is 0 Å². The van der Waals surface area contributed by atoms with Crippen molar-refractivity contribution in [2.45, 2.75) is 12.8 Å². The summed E-state index contributed by atoms with van der Waals surface area (Å²) in [6.07, 6.45) is 1.46. The molecule has 5 nitrogen and oxygen atoms in total. The third-order valence-corrected chi connectivity index (χ3v) is 2.45. The van der Waals surface area contributed by atoms with Crippen LogP contribution >= 0.6 is 0 Å². The summed E-state index contributed by atoms with van der Waals surface area (Å²) in [5.41, 5.74) is 0. The number of carbonyl (C=O) groups is 2. The predicted molar refractivity (Wildman–Crippen MR) is 50.9 cm³/mol. The minimum absolute atomic E-state index is 0.0153. The van der Waals surface area contributed by atoms with Crippen molar-refractivity contribution in [3.63, 3.8) is 0 Å². The van der Waals surface area contributed by atoms with Crippen LogP contribution in [0.2, 0.25) is 0 Å². The number of nitrogens with zero attached hydrogens (tertiary/aromatic N) is 1. The van der Waals surface area contributed by atoms with Crippen LogP contribution in [-0.4, -0.2) is 48.6 Å². The van der Waals surface area contributed by atoms with E-state index in [0.29, 0.717) is 19.5 Å². The summed E-state index contributed by atoms with van der Waals surface area (Å²) < 4.78 is 0. The number of carboxylic acid groups (broad SMARTS) is 1. The Morgan fingerprint density at radius 2 is 2.29 bits per heavy atom. The van der Waals surface area contributed by atoms with Crippen molar-refractivity contribution in [2.75, 3.05) is 26.7 Å². The summed E-state index contributed by atoms with van der Waals surface area (Å²) in [6.45, 7) is 1.33. The number of hydrogen-bond acceptors (Lipinski definition) is 3. The van der Waals surface area contributed by atoms with Gasteiger partial charge in [0.1, 0.15) is 0 Å². The number of piperidine rings is 1. The first kappa shape index (κ1) is 11.0. The van der Waals surface area contributed by atoms with Crippen LogP contribution < -0.4 is 5.32 Å². The Kier molecular flexibility index (Phi) is 3.88. The number of carboxylic acids is 1. The molecule has 1 aliphatic rings. The molecule has 0 bridgehead atoms. The minimum atomic E-state index is -0.799. The molecular formula is C9H16N2O3. The fourth-order valence-corrected chi connectivity index (χ4v) is 1.67. The van der Waals surface area contributed by atoms with Gasteiger partial charge in [0.15, 0.2) is 0 Å². The van der Waals surface area contributed by atoms with Gasteiger partial charge in [0.2, 0.25) is 5.91 Å². The van der Waals surface area contributed by atoms with Gasteiger partial charge in [-0.1, -0.05) is 0 Å². The number of carbonyl (C=O) groups excluding carboxylic acids is 1. The Morgan fingerprint density at radius 3 is 2.86 bits per heavy atom. The van der Waals surface area contributed by atoms with Crippen molar-refractivity contribution in [1.29, 1.82) is 0 Å².